The summed E-state index contributed by atoms with van der Waals surface area (Å²) in [7, 11) is 5.83. The highest BCUT2D eigenvalue weighted by atomic mass is 16.5. The highest BCUT2D eigenvalue weighted by molar-refractivity contribution is 5.86. The molecule has 3 N–H and O–H groups in total. The van der Waals surface area contributed by atoms with E-state index in [1.54, 1.807) is 13.2 Å². The molecule has 0 radical (unpaired) electrons. The van der Waals surface area contributed by atoms with E-state index in [1.807, 2.05) is 14.1 Å². The largest absolute Gasteiger partial charge is 0.378 e. The number of fused-ring (bicyclic) bond motifs is 1. The van der Waals surface area contributed by atoms with Gasteiger partial charge in [-0.05, 0) is 14.1 Å². The standard InChI is InChI=1S/C12H21N7O/c1-13-12-16-10(9-8-15-18-11(9)17-12)14-4-6-20-7-5-19(2)3/h8H,4-7H2,1-3H3,(H3,13,14,15,16,17,18). The van der Waals surface area contributed by atoms with E-state index in [1.165, 1.54) is 0 Å². The molecule has 0 aromatic carbocycles. The molecule has 0 aliphatic heterocycles. The zero-order chi connectivity index (χ0) is 14.4. The van der Waals surface area contributed by atoms with Crippen molar-refractivity contribution in [1.29, 1.82) is 0 Å². The van der Waals surface area contributed by atoms with Crippen LogP contribution >= 0.6 is 0 Å². The Morgan fingerprint density at radius 3 is 2.90 bits per heavy atom. The van der Waals surface area contributed by atoms with Gasteiger partial charge in [-0.15, -0.1) is 0 Å². The van der Waals surface area contributed by atoms with Gasteiger partial charge in [0.1, 0.15) is 5.82 Å². The van der Waals surface area contributed by atoms with Gasteiger partial charge in [0, 0.05) is 20.1 Å². The molecule has 2 aromatic heterocycles. The van der Waals surface area contributed by atoms with E-state index in [0.29, 0.717) is 24.7 Å². The van der Waals surface area contributed by atoms with Crippen molar-refractivity contribution in [2.45, 2.75) is 0 Å². The summed E-state index contributed by atoms with van der Waals surface area (Å²) >= 11 is 0. The molecule has 2 aromatic rings. The molecule has 0 amide bonds. The molecular weight excluding hydrogens is 258 g/mol. The maximum absolute atomic E-state index is 5.53. The summed E-state index contributed by atoms with van der Waals surface area (Å²) in [5.41, 5.74) is 0.709. The Bertz CT molecular complexity index is 540. The Morgan fingerprint density at radius 2 is 2.15 bits per heavy atom. The first kappa shape index (κ1) is 14.5. The Labute approximate surface area is 117 Å². The van der Waals surface area contributed by atoms with E-state index in [-0.39, 0.29) is 0 Å². The lowest BCUT2D eigenvalue weighted by Crippen LogP contribution is -2.20. The Balaban J connectivity index is 1.87. The average Bonchev–Trinajstić information content (AvgIpc) is 2.90. The molecule has 8 heteroatoms. The van der Waals surface area contributed by atoms with Gasteiger partial charge in [0.15, 0.2) is 5.65 Å². The molecular formula is C12H21N7O. The van der Waals surface area contributed by atoms with Gasteiger partial charge in [-0.3, -0.25) is 5.10 Å². The number of hydrogen-bond donors (Lipinski definition) is 3. The van der Waals surface area contributed by atoms with Gasteiger partial charge in [-0.1, -0.05) is 0 Å². The highest BCUT2D eigenvalue weighted by Crippen LogP contribution is 2.19. The van der Waals surface area contributed by atoms with Crippen LogP contribution in [0.15, 0.2) is 6.20 Å². The number of aromatic nitrogens is 4. The maximum Gasteiger partial charge on any atom is 0.226 e. The van der Waals surface area contributed by atoms with E-state index < -0.39 is 0 Å². The molecule has 0 saturated heterocycles. The fraction of sp³-hybridized carbons (Fsp3) is 0.583. The van der Waals surface area contributed by atoms with Crippen molar-refractivity contribution in [3.05, 3.63) is 6.20 Å². The third kappa shape index (κ3) is 3.78. The van der Waals surface area contributed by atoms with Crippen molar-refractivity contribution in [2.24, 2.45) is 0 Å². The van der Waals surface area contributed by atoms with Crippen molar-refractivity contribution in [2.75, 3.05) is 58.1 Å². The number of rotatable bonds is 8. The van der Waals surface area contributed by atoms with E-state index in [2.05, 4.69) is 35.7 Å². The highest BCUT2D eigenvalue weighted by Gasteiger charge is 2.08. The lowest BCUT2D eigenvalue weighted by Gasteiger charge is -2.11. The van der Waals surface area contributed by atoms with Crippen LogP contribution in [0.25, 0.3) is 11.0 Å². The third-order valence-electron chi connectivity index (χ3n) is 2.76. The van der Waals surface area contributed by atoms with Crippen molar-refractivity contribution >= 4 is 22.8 Å². The number of hydrogen-bond acceptors (Lipinski definition) is 7. The van der Waals surface area contributed by atoms with Crippen LogP contribution in [0.1, 0.15) is 0 Å². The normalized spacial score (nSPS) is 11.2. The predicted octanol–water partition coefficient (Wildman–Crippen LogP) is 0.385. The minimum absolute atomic E-state index is 0.553. The Morgan fingerprint density at radius 1 is 1.30 bits per heavy atom. The summed E-state index contributed by atoms with van der Waals surface area (Å²) in [5.74, 6) is 1.31. The number of likely N-dealkylation sites (N-methyl/N-ethyl adjacent to an activating group) is 1. The van der Waals surface area contributed by atoms with E-state index in [0.717, 1.165) is 24.4 Å². The van der Waals surface area contributed by atoms with Crippen LogP contribution < -0.4 is 10.6 Å². The van der Waals surface area contributed by atoms with Crippen LogP contribution in [-0.2, 0) is 4.74 Å². The molecule has 0 aliphatic rings. The Kier molecular flexibility index (Phi) is 5.08. The van der Waals surface area contributed by atoms with E-state index >= 15 is 0 Å². The number of nitrogens with one attached hydrogen (secondary N) is 3. The second kappa shape index (κ2) is 7.01. The van der Waals surface area contributed by atoms with Crippen LogP contribution in [0.2, 0.25) is 0 Å². The summed E-state index contributed by atoms with van der Waals surface area (Å²) in [4.78, 5) is 10.7. The van der Waals surface area contributed by atoms with Crippen molar-refractivity contribution in [3.8, 4) is 0 Å². The van der Waals surface area contributed by atoms with Crippen molar-refractivity contribution in [3.63, 3.8) is 0 Å². The van der Waals surface area contributed by atoms with E-state index in [4.69, 9.17) is 4.74 Å². The van der Waals surface area contributed by atoms with Gasteiger partial charge >= 0.3 is 0 Å². The van der Waals surface area contributed by atoms with E-state index in [9.17, 15) is 0 Å². The van der Waals surface area contributed by atoms with Gasteiger partial charge in [0.25, 0.3) is 0 Å². The lowest BCUT2D eigenvalue weighted by atomic mass is 10.4. The number of nitrogens with zero attached hydrogens (tertiary/aromatic N) is 4. The smallest absolute Gasteiger partial charge is 0.226 e. The Hall–Kier alpha value is -1.93. The summed E-state index contributed by atoms with van der Waals surface area (Å²) in [6.45, 7) is 2.96. The van der Waals surface area contributed by atoms with Gasteiger partial charge in [0.05, 0.1) is 24.8 Å². The van der Waals surface area contributed by atoms with Crippen LogP contribution in [0, 0.1) is 0 Å². The molecule has 0 atom stereocenters. The maximum atomic E-state index is 5.53. The summed E-state index contributed by atoms with van der Waals surface area (Å²) < 4.78 is 5.53. The first-order chi connectivity index (χ1) is 9.70. The lowest BCUT2D eigenvalue weighted by molar-refractivity contribution is 0.126. The SMILES string of the molecule is CNc1nc(NCCOCCN(C)C)c2cn[nH]c2n1. The van der Waals surface area contributed by atoms with Crippen LogP contribution in [0.4, 0.5) is 11.8 Å². The third-order valence-corrected chi connectivity index (χ3v) is 2.76. The molecule has 110 valence electrons. The molecule has 0 saturated carbocycles. The molecule has 20 heavy (non-hydrogen) atoms. The number of anilines is 2. The quantitative estimate of drug-likeness (QED) is 0.602. The summed E-state index contributed by atoms with van der Waals surface area (Å²) in [5, 5.41) is 13.9. The zero-order valence-corrected chi connectivity index (χ0v) is 12.1. The van der Waals surface area contributed by atoms with Gasteiger partial charge in [-0.2, -0.15) is 15.1 Å². The monoisotopic (exact) mass is 279 g/mol. The van der Waals surface area contributed by atoms with Gasteiger partial charge in [-0.25, -0.2) is 0 Å². The fourth-order valence-electron chi connectivity index (χ4n) is 1.67. The number of ether oxygens (including phenoxy) is 1. The van der Waals surface area contributed by atoms with Crippen LogP contribution in [0.3, 0.4) is 0 Å². The van der Waals surface area contributed by atoms with Gasteiger partial charge in [0.2, 0.25) is 5.95 Å². The van der Waals surface area contributed by atoms with Crippen LogP contribution in [0.5, 0.6) is 0 Å². The fourth-order valence-corrected chi connectivity index (χ4v) is 1.67. The summed E-state index contributed by atoms with van der Waals surface area (Å²) in [6.07, 6.45) is 1.71. The minimum Gasteiger partial charge on any atom is -0.378 e. The second-order valence-electron chi connectivity index (χ2n) is 4.62. The molecule has 0 fully saturated rings. The van der Waals surface area contributed by atoms with Crippen molar-refractivity contribution < 1.29 is 4.74 Å². The van der Waals surface area contributed by atoms with Crippen molar-refractivity contribution in [1.82, 2.24) is 25.1 Å². The molecule has 0 spiro atoms. The average molecular weight is 279 g/mol. The number of H-pyrrole nitrogens is 1. The first-order valence-corrected chi connectivity index (χ1v) is 6.56. The predicted molar refractivity (Wildman–Crippen MR) is 79.1 cm³/mol. The number of aromatic amines is 1. The molecule has 0 bridgehead atoms. The minimum atomic E-state index is 0.553. The van der Waals surface area contributed by atoms with Crippen LogP contribution in [-0.4, -0.2) is 72.5 Å². The molecule has 2 rings (SSSR count). The first-order valence-electron chi connectivity index (χ1n) is 6.56. The zero-order valence-electron chi connectivity index (χ0n) is 12.1. The molecule has 8 nitrogen and oxygen atoms in total. The second-order valence-corrected chi connectivity index (χ2v) is 4.62. The molecule has 2 heterocycles. The summed E-state index contributed by atoms with van der Waals surface area (Å²) in [6, 6.07) is 0. The topological polar surface area (TPSA) is 91.0 Å². The molecule has 0 unspecified atom stereocenters. The van der Waals surface area contributed by atoms with Gasteiger partial charge < -0.3 is 20.3 Å². The molecule has 0 aliphatic carbocycles.